The van der Waals surface area contributed by atoms with Crippen molar-refractivity contribution in [2.45, 2.75) is 38.6 Å². The van der Waals surface area contributed by atoms with Crippen LogP contribution in [0.25, 0.3) is 0 Å². The SMILES string of the molecule is CC(C1CC1)N(C)CCCCCl. The van der Waals surface area contributed by atoms with Gasteiger partial charge in [0.1, 0.15) is 0 Å². The van der Waals surface area contributed by atoms with Crippen LogP contribution in [0.4, 0.5) is 0 Å². The molecule has 1 nitrogen and oxygen atoms in total. The van der Waals surface area contributed by atoms with Gasteiger partial charge < -0.3 is 4.90 Å². The van der Waals surface area contributed by atoms with Gasteiger partial charge in [-0.25, -0.2) is 0 Å². The number of hydrogen-bond acceptors (Lipinski definition) is 1. The van der Waals surface area contributed by atoms with E-state index in [9.17, 15) is 0 Å². The van der Waals surface area contributed by atoms with Crippen molar-refractivity contribution < 1.29 is 0 Å². The normalized spacial score (nSPS) is 20.0. The summed E-state index contributed by atoms with van der Waals surface area (Å²) in [6.45, 7) is 3.56. The van der Waals surface area contributed by atoms with Gasteiger partial charge in [0, 0.05) is 11.9 Å². The van der Waals surface area contributed by atoms with Crippen LogP contribution in [0.2, 0.25) is 0 Å². The fourth-order valence-electron chi connectivity index (χ4n) is 1.60. The summed E-state index contributed by atoms with van der Waals surface area (Å²) in [5.41, 5.74) is 0. The Morgan fingerprint density at radius 3 is 2.58 bits per heavy atom. The summed E-state index contributed by atoms with van der Waals surface area (Å²) >= 11 is 5.62. The minimum Gasteiger partial charge on any atom is -0.303 e. The molecule has 0 amide bonds. The maximum Gasteiger partial charge on any atom is 0.0223 e. The lowest BCUT2D eigenvalue weighted by Gasteiger charge is -2.24. The molecule has 0 aromatic carbocycles. The van der Waals surface area contributed by atoms with Crippen LogP contribution in [0.5, 0.6) is 0 Å². The van der Waals surface area contributed by atoms with Gasteiger partial charge in [0.2, 0.25) is 0 Å². The molecule has 1 saturated carbocycles. The minimum atomic E-state index is 0.792. The molecule has 0 aromatic rings. The smallest absolute Gasteiger partial charge is 0.0223 e. The minimum absolute atomic E-state index is 0.792. The fourth-order valence-corrected chi connectivity index (χ4v) is 1.79. The van der Waals surface area contributed by atoms with Crippen molar-refractivity contribution >= 4 is 11.6 Å². The van der Waals surface area contributed by atoms with E-state index >= 15 is 0 Å². The molecule has 1 aliphatic rings. The van der Waals surface area contributed by atoms with E-state index in [1.54, 1.807) is 0 Å². The molecule has 1 rings (SSSR count). The monoisotopic (exact) mass is 189 g/mol. The number of nitrogens with zero attached hydrogens (tertiary/aromatic N) is 1. The fraction of sp³-hybridized carbons (Fsp3) is 1.00. The molecule has 0 spiro atoms. The van der Waals surface area contributed by atoms with Crippen molar-refractivity contribution in [1.29, 1.82) is 0 Å². The second-order valence-electron chi connectivity index (χ2n) is 3.95. The molecule has 1 atom stereocenters. The first-order valence-electron chi connectivity index (χ1n) is 5.02. The largest absolute Gasteiger partial charge is 0.303 e. The average molecular weight is 190 g/mol. The van der Waals surface area contributed by atoms with E-state index in [1.807, 2.05) is 0 Å². The highest BCUT2D eigenvalue weighted by molar-refractivity contribution is 6.17. The quantitative estimate of drug-likeness (QED) is 0.459. The van der Waals surface area contributed by atoms with Gasteiger partial charge >= 0.3 is 0 Å². The first-order valence-corrected chi connectivity index (χ1v) is 5.55. The number of rotatable bonds is 6. The van der Waals surface area contributed by atoms with Gasteiger partial charge in [-0.15, -0.1) is 11.6 Å². The summed E-state index contributed by atoms with van der Waals surface area (Å²) in [7, 11) is 2.23. The zero-order valence-electron chi connectivity index (χ0n) is 8.22. The molecule has 1 aliphatic carbocycles. The van der Waals surface area contributed by atoms with E-state index in [0.29, 0.717) is 0 Å². The van der Waals surface area contributed by atoms with Crippen molar-refractivity contribution in [3.8, 4) is 0 Å². The number of alkyl halides is 1. The summed E-state index contributed by atoms with van der Waals surface area (Å²) in [5.74, 6) is 1.80. The molecule has 0 N–H and O–H groups in total. The molecule has 1 fully saturated rings. The predicted octanol–water partition coefficient (Wildman–Crippen LogP) is 2.74. The third-order valence-electron chi connectivity index (χ3n) is 2.89. The zero-order valence-corrected chi connectivity index (χ0v) is 8.98. The van der Waals surface area contributed by atoms with Crippen LogP contribution >= 0.6 is 11.6 Å². The second kappa shape index (κ2) is 5.08. The van der Waals surface area contributed by atoms with Gasteiger partial charge in [0.15, 0.2) is 0 Å². The van der Waals surface area contributed by atoms with E-state index in [0.717, 1.165) is 24.3 Å². The molecule has 0 saturated heterocycles. The highest BCUT2D eigenvalue weighted by Gasteiger charge is 2.29. The lowest BCUT2D eigenvalue weighted by Crippen LogP contribution is -2.31. The van der Waals surface area contributed by atoms with Gasteiger partial charge in [-0.05, 0) is 52.1 Å². The summed E-state index contributed by atoms with van der Waals surface area (Å²) < 4.78 is 0. The van der Waals surface area contributed by atoms with Crippen LogP contribution in [-0.4, -0.2) is 30.4 Å². The Kier molecular flexibility index (Phi) is 4.38. The molecule has 1 unspecified atom stereocenters. The second-order valence-corrected chi connectivity index (χ2v) is 4.33. The lowest BCUT2D eigenvalue weighted by atomic mass is 10.2. The Morgan fingerprint density at radius 2 is 2.08 bits per heavy atom. The number of unbranched alkanes of at least 4 members (excludes halogenated alkanes) is 1. The highest BCUT2D eigenvalue weighted by Crippen LogP contribution is 2.34. The molecule has 0 bridgehead atoms. The van der Waals surface area contributed by atoms with E-state index in [1.165, 1.54) is 25.8 Å². The Labute approximate surface area is 81.1 Å². The predicted molar refractivity (Wildman–Crippen MR) is 54.8 cm³/mol. The molecular formula is C10H20ClN. The molecule has 12 heavy (non-hydrogen) atoms. The van der Waals surface area contributed by atoms with Gasteiger partial charge in [-0.2, -0.15) is 0 Å². The number of halogens is 1. The number of hydrogen-bond donors (Lipinski definition) is 0. The van der Waals surface area contributed by atoms with Crippen LogP contribution in [0.1, 0.15) is 32.6 Å². The first kappa shape index (κ1) is 10.3. The molecular weight excluding hydrogens is 170 g/mol. The third kappa shape index (κ3) is 3.32. The van der Waals surface area contributed by atoms with Gasteiger partial charge in [-0.1, -0.05) is 0 Å². The molecule has 72 valence electrons. The summed E-state index contributed by atoms with van der Waals surface area (Å²) in [4.78, 5) is 2.48. The zero-order chi connectivity index (χ0) is 8.97. The van der Waals surface area contributed by atoms with Crippen molar-refractivity contribution in [2.75, 3.05) is 19.5 Å². The van der Waals surface area contributed by atoms with Crippen LogP contribution in [0.15, 0.2) is 0 Å². The molecule has 0 radical (unpaired) electrons. The Hall–Kier alpha value is 0.250. The van der Waals surface area contributed by atoms with Crippen molar-refractivity contribution in [3.05, 3.63) is 0 Å². The third-order valence-corrected chi connectivity index (χ3v) is 3.16. The van der Waals surface area contributed by atoms with Crippen molar-refractivity contribution in [3.63, 3.8) is 0 Å². The van der Waals surface area contributed by atoms with Crippen LogP contribution < -0.4 is 0 Å². The summed E-state index contributed by atoms with van der Waals surface area (Å²) in [5, 5.41) is 0. The van der Waals surface area contributed by atoms with E-state index in [4.69, 9.17) is 11.6 Å². The lowest BCUT2D eigenvalue weighted by molar-refractivity contribution is 0.231. The molecule has 0 aromatic heterocycles. The Balaban J connectivity index is 2.04. The topological polar surface area (TPSA) is 3.24 Å². The Morgan fingerprint density at radius 1 is 1.42 bits per heavy atom. The van der Waals surface area contributed by atoms with Crippen molar-refractivity contribution in [2.24, 2.45) is 5.92 Å². The summed E-state index contributed by atoms with van der Waals surface area (Å²) in [6, 6.07) is 0.792. The van der Waals surface area contributed by atoms with Crippen molar-refractivity contribution in [1.82, 2.24) is 4.90 Å². The molecule has 0 aliphatic heterocycles. The Bertz CT molecular complexity index is 123. The van der Waals surface area contributed by atoms with Crippen LogP contribution in [0.3, 0.4) is 0 Å². The maximum absolute atomic E-state index is 5.62. The van der Waals surface area contributed by atoms with Crippen LogP contribution in [-0.2, 0) is 0 Å². The van der Waals surface area contributed by atoms with Gasteiger partial charge in [0.25, 0.3) is 0 Å². The van der Waals surface area contributed by atoms with E-state index in [2.05, 4.69) is 18.9 Å². The maximum atomic E-state index is 5.62. The average Bonchev–Trinajstić information content (AvgIpc) is 2.86. The standard InChI is InChI=1S/C10H20ClN/c1-9(10-5-6-10)12(2)8-4-3-7-11/h9-10H,3-8H2,1-2H3. The molecule has 0 heterocycles. The summed E-state index contributed by atoms with van der Waals surface area (Å²) in [6.07, 6.45) is 5.29. The first-order chi connectivity index (χ1) is 5.75. The molecule has 2 heteroatoms. The van der Waals surface area contributed by atoms with E-state index < -0.39 is 0 Å². The van der Waals surface area contributed by atoms with Crippen LogP contribution in [0, 0.1) is 5.92 Å². The highest BCUT2D eigenvalue weighted by atomic mass is 35.5. The van der Waals surface area contributed by atoms with Gasteiger partial charge in [-0.3, -0.25) is 0 Å². The van der Waals surface area contributed by atoms with Gasteiger partial charge in [0.05, 0.1) is 0 Å². The van der Waals surface area contributed by atoms with E-state index in [-0.39, 0.29) is 0 Å².